The lowest BCUT2D eigenvalue weighted by Gasteiger charge is -2.20. The Kier molecular flexibility index (Phi) is 11.7. The summed E-state index contributed by atoms with van der Waals surface area (Å²) in [4.78, 5) is 35.4. The summed E-state index contributed by atoms with van der Waals surface area (Å²) in [5, 5.41) is 2.56. The van der Waals surface area contributed by atoms with Gasteiger partial charge in [-0.25, -0.2) is 9.59 Å². The number of benzene rings is 1. The molecule has 0 unspecified atom stereocenters. The predicted octanol–water partition coefficient (Wildman–Crippen LogP) is 3.78. The number of halogens is 1. The van der Waals surface area contributed by atoms with Gasteiger partial charge in [-0.3, -0.25) is 4.79 Å². The van der Waals surface area contributed by atoms with Crippen molar-refractivity contribution in [2.24, 2.45) is 5.92 Å². The molecule has 1 N–H and O–H groups in total. The summed E-state index contributed by atoms with van der Waals surface area (Å²) < 4.78 is 15.0. The van der Waals surface area contributed by atoms with E-state index in [0.717, 1.165) is 5.56 Å². The number of alkyl carbamates (subject to hydrolysis) is 1. The predicted molar refractivity (Wildman–Crippen MR) is 105 cm³/mol. The van der Waals surface area contributed by atoms with E-state index in [1.54, 1.807) is 0 Å². The second kappa shape index (κ2) is 13.8. The summed E-state index contributed by atoms with van der Waals surface area (Å²) >= 11 is 5.30. The van der Waals surface area contributed by atoms with E-state index in [0.29, 0.717) is 19.3 Å². The fourth-order valence-electron chi connectivity index (χ4n) is 2.33. The molecule has 0 aliphatic carbocycles. The van der Waals surface area contributed by atoms with Crippen molar-refractivity contribution in [3.63, 3.8) is 0 Å². The Morgan fingerprint density at radius 3 is 2.36 bits per heavy atom. The molecule has 0 aliphatic rings. The van der Waals surface area contributed by atoms with Gasteiger partial charge < -0.3 is 19.5 Å². The average molecular weight is 414 g/mol. The maximum Gasteiger partial charge on any atom is 0.408 e. The molecule has 1 aromatic rings. The van der Waals surface area contributed by atoms with Crippen LogP contribution in [0.2, 0.25) is 0 Å². The summed E-state index contributed by atoms with van der Waals surface area (Å²) in [7, 11) is 0. The van der Waals surface area contributed by atoms with Crippen molar-refractivity contribution in [2.75, 3.05) is 12.7 Å². The second-order valence-corrected chi connectivity index (χ2v) is 6.75. The minimum Gasteiger partial charge on any atom is -0.464 e. The SMILES string of the molecule is CC(C)[C@H](NC(=O)OCc1ccccc1)C(=O)OCCCCCC(=O)OCCl. The fourth-order valence-corrected chi connectivity index (χ4v) is 2.45. The van der Waals surface area contributed by atoms with Gasteiger partial charge in [0.15, 0.2) is 6.07 Å². The molecule has 0 aliphatic heterocycles. The standard InChI is InChI=1S/C20H28ClNO6/c1-15(2)18(22-20(25)27-13-16-9-5-3-6-10-16)19(24)26-12-8-4-7-11-17(23)28-14-21/h3,5-6,9-10,15,18H,4,7-8,11-14H2,1-2H3,(H,22,25)/t18-/m0/s1. The van der Waals surface area contributed by atoms with Crippen molar-refractivity contribution in [1.82, 2.24) is 5.32 Å². The van der Waals surface area contributed by atoms with Gasteiger partial charge in [-0.15, -0.1) is 0 Å². The third-order valence-electron chi connectivity index (χ3n) is 3.89. The highest BCUT2D eigenvalue weighted by atomic mass is 35.5. The molecule has 0 bridgehead atoms. The Morgan fingerprint density at radius 2 is 1.71 bits per heavy atom. The van der Waals surface area contributed by atoms with E-state index in [-0.39, 0.29) is 37.6 Å². The number of ether oxygens (including phenoxy) is 3. The van der Waals surface area contributed by atoms with Crippen molar-refractivity contribution >= 4 is 29.6 Å². The zero-order chi connectivity index (χ0) is 20.8. The second-order valence-electron chi connectivity index (χ2n) is 6.53. The van der Waals surface area contributed by atoms with Crippen LogP contribution in [0.15, 0.2) is 30.3 Å². The molecule has 1 atom stereocenters. The summed E-state index contributed by atoms with van der Waals surface area (Å²) in [6.45, 7) is 3.96. The first-order valence-electron chi connectivity index (χ1n) is 9.29. The van der Waals surface area contributed by atoms with Crippen LogP contribution in [-0.4, -0.2) is 36.7 Å². The van der Waals surface area contributed by atoms with Crippen LogP contribution in [0.5, 0.6) is 0 Å². The molecule has 1 aromatic carbocycles. The van der Waals surface area contributed by atoms with Crippen molar-refractivity contribution in [3.05, 3.63) is 35.9 Å². The molecule has 0 radical (unpaired) electrons. The van der Waals surface area contributed by atoms with Gasteiger partial charge in [-0.1, -0.05) is 55.8 Å². The van der Waals surface area contributed by atoms with E-state index in [1.807, 2.05) is 44.2 Å². The maximum absolute atomic E-state index is 12.2. The highest BCUT2D eigenvalue weighted by Crippen LogP contribution is 2.08. The topological polar surface area (TPSA) is 90.9 Å². The molecule has 7 nitrogen and oxygen atoms in total. The van der Waals surface area contributed by atoms with Crippen molar-refractivity contribution in [3.8, 4) is 0 Å². The Hall–Kier alpha value is -2.28. The lowest BCUT2D eigenvalue weighted by atomic mass is 10.1. The monoisotopic (exact) mass is 413 g/mol. The highest BCUT2D eigenvalue weighted by molar-refractivity contribution is 6.17. The molecule has 0 spiro atoms. The number of nitrogens with one attached hydrogen (secondary N) is 1. The number of carbonyl (C=O) groups is 3. The molecule has 8 heteroatoms. The lowest BCUT2D eigenvalue weighted by Crippen LogP contribution is -2.45. The van der Waals surface area contributed by atoms with Gasteiger partial charge in [-0.05, 0) is 30.7 Å². The molecule has 1 rings (SSSR count). The normalized spacial score (nSPS) is 11.6. The van der Waals surface area contributed by atoms with E-state index in [1.165, 1.54) is 0 Å². The first kappa shape index (κ1) is 23.8. The van der Waals surface area contributed by atoms with Gasteiger partial charge in [0.2, 0.25) is 0 Å². The zero-order valence-electron chi connectivity index (χ0n) is 16.3. The number of alkyl halides is 1. The minimum atomic E-state index is -0.790. The van der Waals surface area contributed by atoms with E-state index in [4.69, 9.17) is 21.1 Å². The molecule has 1 amide bonds. The molecule has 0 saturated heterocycles. The van der Waals surface area contributed by atoms with Crippen LogP contribution in [0.25, 0.3) is 0 Å². The van der Waals surface area contributed by atoms with Crippen LogP contribution in [0, 0.1) is 5.92 Å². The largest absolute Gasteiger partial charge is 0.464 e. The number of unbranched alkanes of at least 4 members (excludes halogenated alkanes) is 2. The first-order chi connectivity index (χ1) is 13.4. The highest BCUT2D eigenvalue weighted by Gasteiger charge is 2.26. The summed E-state index contributed by atoms with van der Waals surface area (Å²) in [6, 6.07) is 8.33. The lowest BCUT2D eigenvalue weighted by molar-refractivity contribution is -0.147. The molecule has 0 saturated carbocycles. The molecule has 28 heavy (non-hydrogen) atoms. The van der Waals surface area contributed by atoms with Gasteiger partial charge >= 0.3 is 18.0 Å². The fraction of sp³-hybridized carbons (Fsp3) is 0.550. The minimum absolute atomic E-state index is 0.124. The number of carbonyl (C=O) groups excluding carboxylic acids is 3. The summed E-state index contributed by atoms with van der Waals surface area (Å²) in [5.74, 6) is -1.000. The smallest absolute Gasteiger partial charge is 0.408 e. The number of hydrogen-bond acceptors (Lipinski definition) is 6. The third kappa shape index (κ3) is 10.2. The van der Waals surface area contributed by atoms with Gasteiger partial charge in [0.05, 0.1) is 6.61 Å². The van der Waals surface area contributed by atoms with Crippen molar-refractivity contribution in [1.29, 1.82) is 0 Å². The van der Waals surface area contributed by atoms with Crippen LogP contribution in [0.4, 0.5) is 4.79 Å². The Bertz CT molecular complexity index is 608. The van der Waals surface area contributed by atoms with Crippen LogP contribution in [0.1, 0.15) is 45.1 Å². The van der Waals surface area contributed by atoms with Crippen LogP contribution in [0.3, 0.4) is 0 Å². The van der Waals surface area contributed by atoms with E-state index in [9.17, 15) is 14.4 Å². The van der Waals surface area contributed by atoms with E-state index < -0.39 is 18.1 Å². The van der Waals surface area contributed by atoms with E-state index in [2.05, 4.69) is 10.1 Å². The van der Waals surface area contributed by atoms with E-state index >= 15 is 0 Å². The maximum atomic E-state index is 12.2. The molecule has 0 fully saturated rings. The summed E-state index contributed by atoms with van der Waals surface area (Å²) in [5.41, 5.74) is 0.858. The average Bonchev–Trinajstić information content (AvgIpc) is 2.67. The van der Waals surface area contributed by atoms with Gasteiger partial charge in [0, 0.05) is 6.42 Å². The number of hydrogen-bond donors (Lipinski definition) is 1. The van der Waals surface area contributed by atoms with Gasteiger partial charge in [0.25, 0.3) is 0 Å². The molecular formula is C20H28ClNO6. The molecule has 0 aromatic heterocycles. The number of esters is 2. The van der Waals surface area contributed by atoms with Crippen molar-refractivity contribution in [2.45, 2.75) is 52.2 Å². The Labute approximate surface area is 170 Å². The molecule has 0 heterocycles. The number of amides is 1. The van der Waals surface area contributed by atoms with Gasteiger partial charge in [0.1, 0.15) is 12.6 Å². The van der Waals surface area contributed by atoms with Crippen LogP contribution >= 0.6 is 11.6 Å². The third-order valence-corrected chi connectivity index (χ3v) is 4.00. The van der Waals surface area contributed by atoms with Crippen LogP contribution < -0.4 is 5.32 Å². The zero-order valence-corrected chi connectivity index (χ0v) is 17.1. The van der Waals surface area contributed by atoms with Gasteiger partial charge in [-0.2, -0.15) is 0 Å². The quantitative estimate of drug-likeness (QED) is 0.243. The Morgan fingerprint density at radius 1 is 1.00 bits per heavy atom. The number of rotatable bonds is 12. The van der Waals surface area contributed by atoms with Crippen LogP contribution in [-0.2, 0) is 30.4 Å². The molecular weight excluding hydrogens is 386 g/mol. The molecule has 156 valence electrons. The Balaban J connectivity index is 2.28. The summed E-state index contributed by atoms with van der Waals surface area (Å²) in [6.07, 6.45) is 1.57. The van der Waals surface area contributed by atoms with Crippen molar-refractivity contribution < 1.29 is 28.6 Å². The first-order valence-corrected chi connectivity index (χ1v) is 9.83.